The molecule has 0 aliphatic heterocycles. The lowest BCUT2D eigenvalue weighted by Crippen LogP contribution is -2.34. The summed E-state index contributed by atoms with van der Waals surface area (Å²) in [6.07, 6.45) is 0.831. The zero-order chi connectivity index (χ0) is 19.5. The van der Waals surface area contributed by atoms with Gasteiger partial charge in [-0.05, 0) is 31.2 Å². The van der Waals surface area contributed by atoms with E-state index in [0.29, 0.717) is 11.8 Å². The van der Waals surface area contributed by atoms with Crippen molar-refractivity contribution in [3.05, 3.63) is 41.3 Å². The van der Waals surface area contributed by atoms with Crippen LogP contribution in [-0.4, -0.2) is 36.5 Å². The van der Waals surface area contributed by atoms with Crippen LogP contribution in [0.15, 0.2) is 30.5 Å². The summed E-state index contributed by atoms with van der Waals surface area (Å²) in [5, 5.41) is 10.3. The third kappa shape index (κ3) is 5.44. The van der Waals surface area contributed by atoms with Gasteiger partial charge in [-0.1, -0.05) is 31.2 Å². The van der Waals surface area contributed by atoms with Crippen molar-refractivity contribution in [2.75, 3.05) is 6.23 Å². The summed E-state index contributed by atoms with van der Waals surface area (Å²) in [7, 11) is -1.52. The topological polar surface area (TPSA) is 68.7 Å². The number of hydrogen-bond acceptors (Lipinski definition) is 5. The van der Waals surface area contributed by atoms with E-state index in [9.17, 15) is 14.3 Å². The summed E-state index contributed by atoms with van der Waals surface area (Å²) >= 11 is 5.69. The monoisotopic (exact) mass is 397 g/mol. The van der Waals surface area contributed by atoms with E-state index in [0.717, 1.165) is 6.07 Å². The highest BCUT2D eigenvalue weighted by molar-refractivity contribution is 6.76. The number of aromatic hydroxyl groups is 1. The lowest BCUT2D eigenvalue weighted by Gasteiger charge is -2.19. The normalized spacial score (nSPS) is 12.5. The van der Waals surface area contributed by atoms with Crippen molar-refractivity contribution in [1.29, 1.82) is 0 Å². The zero-order valence-electron chi connectivity index (χ0n) is 15.0. The molecule has 0 aliphatic rings. The number of hydrogen-bond donors (Lipinski definition) is 1. The highest BCUT2D eigenvalue weighted by atomic mass is 35.5. The molecule has 2 rings (SSSR count). The van der Waals surface area contributed by atoms with Crippen molar-refractivity contribution >= 4 is 25.6 Å². The predicted molar refractivity (Wildman–Crippen MR) is 101 cm³/mol. The largest absolute Gasteiger partial charge is 0.504 e. The quantitative estimate of drug-likeness (QED) is 0.576. The van der Waals surface area contributed by atoms with Crippen molar-refractivity contribution < 1.29 is 23.8 Å². The Bertz CT molecular complexity index is 810. The van der Waals surface area contributed by atoms with E-state index in [4.69, 9.17) is 21.1 Å². The number of aromatic nitrogens is 1. The van der Waals surface area contributed by atoms with E-state index in [1.807, 2.05) is 0 Å². The number of phenols is 1. The van der Waals surface area contributed by atoms with Gasteiger partial charge < -0.3 is 14.6 Å². The number of benzene rings is 1. The predicted octanol–water partition coefficient (Wildman–Crippen LogP) is 4.43. The van der Waals surface area contributed by atoms with Gasteiger partial charge in [-0.15, -0.1) is 0 Å². The number of esters is 1. The maximum atomic E-state index is 13.9. The summed E-state index contributed by atoms with van der Waals surface area (Å²) in [5.74, 6) is -1.24. The Labute approximate surface area is 157 Å². The fourth-order valence-electron chi connectivity index (χ4n) is 2.03. The van der Waals surface area contributed by atoms with Gasteiger partial charge in [0.05, 0.1) is 19.3 Å². The van der Waals surface area contributed by atoms with E-state index in [1.54, 1.807) is 6.92 Å². The summed E-state index contributed by atoms with van der Waals surface area (Å²) in [6.45, 7) is 7.79. The lowest BCUT2D eigenvalue weighted by atomic mass is 10.1. The van der Waals surface area contributed by atoms with E-state index in [2.05, 4.69) is 24.6 Å². The first-order chi connectivity index (χ1) is 12.1. The maximum absolute atomic E-state index is 13.9. The molecule has 0 aliphatic carbocycles. The summed E-state index contributed by atoms with van der Waals surface area (Å²) in [6, 6.07) is 5.44. The Morgan fingerprint density at radius 1 is 1.35 bits per heavy atom. The molecule has 2 aromatic rings. The minimum absolute atomic E-state index is 0.0545. The average Bonchev–Trinajstić information content (AvgIpc) is 2.53. The van der Waals surface area contributed by atoms with Crippen LogP contribution in [0.1, 0.15) is 6.92 Å². The molecule has 5 nitrogen and oxygen atoms in total. The second-order valence-corrected chi connectivity index (χ2v) is 12.9. The summed E-state index contributed by atoms with van der Waals surface area (Å²) in [5.41, 5.74) is 0.414. The maximum Gasteiger partial charge on any atom is 0.346 e. The molecule has 0 amide bonds. The highest BCUT2D eigenvalue weighted by Gasteiger charge is 2.22. The Kier molecular flexibility index (Phi) is 6.25. The first-order valence-corrected chi connectivity index (χ1v) is 12.1. The molecule has 140 valence electrons. The third-order valence-electron chi connectivity index (χ3n) is 3.32. The van der Waals surface area contributed by atoms with Crippen LogP contribution in [0.2, 0.25) is 24.7 Å². The molecule has 0 saturated carbocycles. The molecular formula is C18H21ClFNO4Si. The molecule has 26 heavy (non-hydrogen) atoms. The standard InChI is InChI=1S/C18H21ClFNO4Si/c1-11(18(23)24-10-26(2,3)4)25-16-6-5-12(7-15(16)22)17-14(20)8-13(19)9-21-17/h5-9,11,22H,10H2,1-4H3. The summed E-state index contributed by atoms with van der Waals surface area (Å²) in [4.78, 5) is 15.9. The smallest absolute Gasteiger partial charge is 0.346 e. The highest BCUT2D eigenvalue weighted by Crippen LogP contribution is 2.33. The molecule has 8 heteroatoms. The second-order valence-electron chi connectivity index (χ2n) is 7.09. The van der Waals surface area contributed by atoms with Gasteiger partial charge in [0.2, 0.25) is 0 Å². The van der Waals surface area contributed by atoms with Crippen molar-refractivity contribution in [3.8, 4) is 22.8 Å². The molecule has 1 aromatic carbocycles. The Balaban J connectivity index is 2.11. The van der Waals surface area contributed by atoms with Crippen LogP contribution in [0.3, 0.4) is 0 Å². The molecule has 1 N–H and O–H groups in total. The molecule has 0 fully saturated rings. The zero-order valence-corrected chi connectivity index (χ0v) is 16.8. The first-order valence-electron chi connectivity index (χ1n) is 8.04. The fourth-order valence-corrected chi connectivity index (χ4v) is 2.75. The number of halogens is 2. The van der Waals surface area contributed by atoms with Crippen LogP contribution in [0.4, 0.5) is 4.39 Å². The number of ether oxygens (including phenoxy) is 2. The van der Waals surface area contributed by atoms with E-state index in [1.165, 1.54) is 24.4 Å². The Morgan fingerprint density at radius 3 is 2.62 bits per heavy atom. The first kappa shape index (κ1) is 20.2. The number of carbonyl (C=O) groups is 1. The number of phenolic OH excluding ortho intramolecular Hbond substituents is 1. The molecular weight excluding hydrogens is 377 g/mol. The van der Waals surface area contributed by atoms with Crippen molar-refractivity contribution in [3.63, 3.8) is 0 Å². The van der Waals surface area contributed by atoms with Gasteiger partial charge in [-0.3, -0.25) is 4.98 Å². The van der Waals surface area contributed by atoms with E-state index in [-0.39, 0.29) is 22.2 Å². The number of rotatable bonds is 6. The van der Waals surface area contributed by atoms with Gasteiger partial charge in [0.1, 0.15) is 5.69 Å². The lowest BCUT2D eigenvalue weighted by molar-refractivity contribution is -0.149. The van der Waals surface area contributed by atoms with Gasteiger partial charge in [0, 0.05) is 11.8 Å². The average molecular weight is 398 g/mol. The van der Waals surface area contributed by atoms with Gasteiger partial charge in [0.25, 0.3) is 0 Å². The number of nitrogens with zero attached hydrogens (tertiary/aromatic N) is 1. The molecule has 0 saturated heterocycles. The molecule has 1 atom stereocenters. The fraction of sp³-hybridized carbons (Fsp3) is 0.333. The van der Waals surface area contributed by atoms with Gasteiger partial charge in [0.15, 0.2) is 23.4 Å². The molecule has 1 aromatic heterocycles. The molecule has 1 unspecified atom stereocenters. The Hall–Kier alpha value is -2.12. The van der Waals surface area contributed by atoms with Crippen LogP contribution in [-0.2, 0) is 9.53 Å². The van der Waals surface area contributed by atoms with Gasteiger partial charge in [-0.2, -0.15) is 0 Å². The van der Waals surface area contributed by atoms with Crippen LogP contribution in [0.5, 0.6) is 11.5 Å². The van der Waals surface area contributed by atoms with Crippen LogP contribution in [0.25, 0.3) is 11.3 Å². The minimum atomic E-state index is -1.52. The second kappa shape index (κ2) is 8.05. The van der Waals surface area contributed by atoms with Crippen LogP contribution in [0, 0.1) is 5.82 Å². The van der Waals surface area contributed by atoms with E-state index >= 15 is 0 Å². The van der Waals surface area contributed by atoms with Crippen molar-refractivity contribution in [2.45, 2.75) is 32.7 Å². The van der Waals surface area contributed by atoms with Gasteiger partial charge in [-0.25, -0.2) is 9.18 Å². The Morgan fingerprint density at radius 2 is 2.04 bits per heavy atom. The van der Waals surface area contributed by atoms with Crippen molar-refractivity contribution in [1.82, 2.24) is 4.98 Å². The molecule has 1 heterocycles. The molecule has 0 bridgehead atoms. The van der Waals surface area contributed by atoms with Gasteiger partial charge >= 0.3 is 5.97 Å². The molecule has 0 spiro atoms. The third-order valence-corrected chi connectivity index (χ3v) is 4.54. The molecule has 0 radical (unpaired) electrons. The van der Waals surface area contributed by atoms with Crippen LogP contribution < -0.4 is 4.74 Å². The number of pyridine rings is 1. The SMILES string of the molecule is CC(Oc1ccc(-c2ncc(Cl)cc2F)cc1O)C(=O)OC[Si](C)(C)C. The number of carbonyl (C=O) groups excluding carboxylic acids is 1. The minimum Gasteiger partial charge on any atom is -0.504 e. The van der Waals surface area contributed by atoms with Crippen molar-refractivity contribution in [2.24, 2.45) is 0 Å². The van der Waals surface area contributed by atoms with Crippen LogP contribution >= 0.6 is 11.6 Å². The van der Waals surface area contributed by atoms with E-state index < -0.39 is 26.0 Å². The summed E-state index contributed by atoms with van der Waals surface area (Å²) < 4.78 is 24.7.